The van der Waals surface area contributed by atoms with E-state index in [0.29, 0.717) is 0 Å². The van der Waals surface area contributed by atoms with Crippen molar-refractivity contribution in [1.82, 2.24) is 0 Å². The predicted octanol–water partition coefficient (Wildman–Crippen LogP) is 0.587. The second-order valence-corrected chi connectivity index (χ2v) is 5.54. The summed E-state index contributed by atoms with van der Waals surface area (Å²) < 4.78 is 0. The molecule has 26 valence electrons. The molecule has 0 saturated carbocycles. The van der Waals surface area contributed by atoms with Gasteiger partial charge in [0.2, 0.25) is 0 Å². The summed E-state index contributed by atoms with van der Waals surface area (Å²) in [6.07, 6.45) is 2.03. The van der Waals surface area contributed by atoms with E-state index < -0.39 is 0 Å². The van der Waals surface area contributed by atoms with Crippen LogP contribution in [-0.2, 0) is 0 Å². The van der Waals surface area contributed by atoms with E-state index in [4.69, 9.17) is 11.1 Å². The second-order valence-electron chi connectivity index (χ2n) is 0.398. The lowest BCUT2D eigenvalue weighted by atomic mass is 12.0. The maximum atomic E-state index is 5.29. The van der Waals surface area contributed by atoms with Crippen LogP contribution in [0.4, 0.5) is 0 Å². The fourth-order valence-corrected chi connectivity index (χ4v) is 0. The maximum Gasteiger partial charge on any atom is 0.184 e. The second kappa shape index (κ2) is 3.86. The predicted molar refractivity (Wildman–Crippen MR) is 27.9 cm³/mol. The highest BCUT2D eigenvalue weighted by molar-refractivity contribution is 8.25. The first-order valence-electron chi connectivity index (χ1n) is 0.964. The normalized spacial score (nSPS) is 10.5. The van der Waals surface area contributed by atoms with Crippen LogP contribution in [0.2, 0.25) is 0 Å². The first kappa shape index (κ1) is 4.86. The molecule has 0 aliphatic rings. The zero-order valence-electron chi connectivity index (χ0n) is 2.49. The van der Waals surface area contributed by atoms with Crippen LogP contribution in [0.15, 0.2) is 0 Å². The molecular weight excluding hydrogens is 108 g/mol. The third-order valence-electron chi connectivity index (χ3n) is 0.109. The lowest BCUT2D eigenvalue weighted by molar-refractivity contribution is 2.54. The van der Waals surface area contributed by atoms with E-state index in [-0.39, 0.29) is 7.98 Å². The van der Waals surface area contributed by atoms with Gasteiger partial charge in [-0.05, 0) is 6.26 Å². The molecule has 0 amide bonds. The van der Waals surface area contributed by atoms with Crippen molar-refractivity contribution in [1.29, 1.82) is 0 Å². The van der Waals surface area contributed by atoms with Gasteiger partial charge in [0.25, 0.3) is 0 Å². The van der Waals surface area contributed by atoms with Gasteiger partial charge >= 0.3 is 0 Å². The molecule has 0 saturated heterocycles. The Morgan fingerprint density at radius 3 is 2.25 bits per heavy atom. The molecule has 0 heterocycles. The standard InChI is InChI=1S/CH5ClSSi/c1-3-4-2/h4H2,1H3. The van der Waals surface area contributed by atoms with Crippen LogP contribution in [0.1, 0.15) is 0 Å². The molecule has 0 atom stereocenters. The average Bonchev–Trinajstić information content (AvgIpc) is 1.37. The molecule has 0 fully saturated rings. The van der Waals surface area contributed by atoms with Gasteiger partial charge in [0, 0.05) is 0 Å². The molecule has 0 N–H and O–H groups in total. The van der Waals surface area contributed by atoms with E-state index in [1.54, 1.807) is 11.2 Å². The van der Waals surface area contributed by atoms with Crippen molar-refractivity contribution in [2.75, 3.05) is 6.26 Å². The van der Waals surface area contributed by atoms with E-state index in [1.807, 2.05) is 6.26 Å². The van der Waals surface area contributed by atoms with Gasteiger partial charge < -0.3 is 0 Å². The largest absolute Gasteiger partial charge is 0.184 e. The molecule has 0 bridgehead atoms. The minimum absolute atomic E-state index is 0.187. The van der Waals surface area contributed by atoms with Crippen molar-refractivity contribution >= 4 is 30.3 Å². The van der Waals surface area contributed by atoms with E-state index in [2.05, 4.69) is 0 Å². The molecule has 0 aromatic heterocycles. The van der Waals surface area contributed by atoms with Crippen molar-refractivity contribution in [3.05, 3.63) is 0 Å². The summed E-state index contributed by atoms with van der Waals surface area (Å²) in [6.45, 7) is 0. The Hall–Kier alpha value is 0.857. The zero-order valence-corrected chi connectivity index (χ0v) is 5.48. The monoisotopic (exact) mass is 112 g/mol. The van der Waals surface area contributed by atoms with Gasteiger partial charge in [-0.1, -0.05) is 0 Å². The van der Waals surface area contributed by atoms with E-state index in [9.17, 15) is 0 Å². The summed E-state index contributed by atoms with van der Waals surface area (Å²) in [6, 6.07) is 0. The van der Waals surface area contributed by atoms with Crippen molar-refractivity contribution in [2.45, 2.75) is 0 Å². The van der Waals surface area contributed by atoms with Gasteiger partial charge in [-0.2, -0.15) is 22.3 Å². The van der Waals surface area contributed by atoms with E-state index in [1.165, 1.54) is 0 Å². The highest BCUT2D eigenvalue weighted by Gasteiger charge is 1.61. The van der Waals surface area contributed by atoms with E-state index >= 15 is 0 Å². The fourth-order valence-electron chi connectivity index (χ4n) is 0. The number of halogens is 1. The fraction of sp³-hybridized carbons (Fsp3) is 1.00. The van der Waals surface area contributed by atoms with Crippen LogP contribution in [0.3, 0.4) is 0 Å². The third kappa shape index (κ3) is 2.86. The highest BCUT2D eigenvalue weighted by Crippen LogP contribution is 1.86. The maximum absolute atomic E-state index is 5.29. The van der Waals surface area contributed by atoms with Crippen molar-refractivity contribution in [2.24, 2.45) is 0 Å². The number of hydrogen-bond donors (Lipinski definition) is 0. The molecule has 0 aliphatic carbocycles. The molecule has 0 aromatic carbocycles. The first-order valence-corrected chi connectivity index (χ1v) is 6.23. The lowest BCUT2D eigenvalue weighted by Crippen LogP contribution is -1.53. The summed E-state index contributed by atoms with van der Waals surface area (Å²) in [4.78, 5) is 0. The molecule has 0 aliphatic heterocycles. The Kier molecular flexibility index (Phi) is 4.68. The zero-order chi connectivity index (χ0) is 3.41. The quantitative estimate of drug-likeness (QED) is 0.354. The molecule has 4 heavy (non-hydrogen) atoms. The molecule has 3 heteroatoms. The lowest BCUT2D eigenvalue weighted by Gasteiger charge is -1.65. The van der Waals surface area contributed by atoms with Gasteiger partial charge in [0.15, 0.2) is 7.98 Å². The number of rotatable bonds is 1. The summed E-state index contributed by atoms with van der Waals surface area (Å²) in [5.74, 6) is 0. The van der Waals surface area contributed by atoms with Gasteiger partial charge in [0.1, 0.15) is 0 Å². The van der Waals surface area contributed by atoms with Crippen LogP contribution in [0, 0.1) is 0 Å². The van der Waals surface area contributed by atoms with Crippen LogP contribution < -0.4 is 0 Å². The van der Waals surface area contributed by atoms with Crippen LogP contribution in [0.25, 0.3) is 0 Å². The molecule has 0 spiro atoms. The minimum Gasteiger partial charge on any atom is -0.177 e. The van der Waals surface area contributed by atoms with Gasteiger partial charge in [-0.3, -0.25) is 0 Å². The Bertz CT molecular complexity index is 10.0. The summed E-state index contributed by atoms with van der Waals surface area (Å²) in [7, 11) is -0.187. The Balaban J connectivity index is 1.97. The average molecular weight is 113 g/mol. The molecule has 0 aromatic rings. The topological polar surface area (TPSA) is 0 Å². The Labute approximate surface area is 37.1 Å². The summed E-state index contributed by atoms with van der Waals surface area (Å²) >= 11 is 7.05. The van der Waals surface area contributed by atoms with Gasteiger partial charge in [-0.15, -0.1) is 0 Å². The van der Waals surface area contributed by atoms with Crippen LogP contribution >= 0.6 is 22.3 Å². The molecule has 0 rings (SSSR count). The minimum atomic E-state index is -0.187. The number of hydrogen-bond acceptors (Lipinski definition) is 1. The smallest absolute Gasteiger partial charge is 0.177 e. The van der Waals surface area contributed by atoms with E-state index in [0.717, 1.165) is 0 Å². The van der Waals surface area contributed by atoms with Gasteiger partial charge in [-0.25, -0.2) is 0 Å². The van der Waals surface area contributed by atoms with Crippen LogP contribution in [0.5, 0.6) is 0 Å². The third-order valence-corrected chi connectivity index (χ3v) is 2.95. The molecular formula is CH5ClSSi. The Morgan fingerprint density at radius 2 is 2.25 bits per heavy atom. The highest BCUT2D eigenvalue weighted by atomic mass is 35.6. The van der Waals surface area contributed by atoms with Crippen molar-refractivity contribution in [3.63, 3.8) is 0 Å². The van der Waals surface area contributed by atoms with Crippen LogP contribution in [-0.4, -0.2) is 14.2 Å². The van der Waals surface area contributed by atoms with Crippen molar-refractivity contribution in [3.8, 4) is 0 Å². The Morgan fingerprint density at radius 1 is 2.00 bits per heavy atom. The molecule has 0 unspecified atom stereocenters. The van der Waals surface area contributed by atoms with Gasteiger partial charge in [0.05, 0.1) is 0 Å². The summed E-state index contributed by atoms with van der Waals surface area (Å²) in [5, 5.41) is 0. The molecule has 0 radical (unpaired) electrons. The van der Waals surface area contributed by atoms with Crippen molar-refractivity contribution < 1.29 is 0 Å². The SMILES string of the molecule is CS[SiH2]Cl. The summed E-state index contributed by atoms with van der Waals surface area (Å²) in [5.41, 5.74) is 0. The first-order chi connectivity index (χ1) is 1.91. The molecule has 0 nitrogen and oxygen atoms in total.